The predicted octanol–water partition coefficient (Wildman–Crippen LogP) is 3.35. The number of rotatable bonds is 5. The molecule has 0 saturated carbocycles. The quantitative estimate of drug-likeness (QED) is 0.896. The molecule has 108 valence electrons. The third-order valence-electron chi connectivity index (χ3n) is 3.02. The van der Waals surface area contributed by atoms with Gasteiger partial charge in [0.1, 0.15) is 0 Å². The molecule has 0 fully saturated rings. The first-order valence-electron chi connectivity index (χ1n) is 5.96. The van der Waals surface area contributed by atoms with Crippen molar-refractivity contribution >= 4 is 0 Å². The second kappa shape index (κ2) is 6.14. The molecule has 0 aliphatic heterocycles. The van der Waals surface area contributed by atoms with Crippen LogP contribution < -0.4 is 4.74 Å². The Morgan fingerprint density at radius 1 is 1.37 bits per heavy atom. The summed E-state index contributed by atoms with van der Waals surface area (Å²) >= 11 is 0. The van der Waals surface area contributed by atoms with Crippen LogP contribution in [0.2, 0.25) is 0 Å². The highest BCUT2D eigenvalue weighted by atomic mass is 19.4. The second-order valence-electron chi connectivity index (χ2n) is 4.29. The summed E-state index contributed by atoms with van der Waals surface area (Å²) in [6, 6.07) is 4.16. The van der Waals surface area contributed by atoms with E-state index >= 15 is 0 Å². The van der Waals surface area contributed by atoms with Crippen LogP contribution in [-0.4, -0.2) is 36.4 Å². The topological polar surface area (TPSA) is 32.7 Å². The van der Waals surface area contributed by atoms with E-state index in [4.69, 9.17) is 4.74 Å². The fourth-order valence-corrected chi connectivity index (χ4v) is 1.92. The van der Waals surface area contributed by atoms with Crippen LogP contribution in [0.1, 0.15) is 25.5 Å². The predicted molar refractivity (Wildman–Crippen MR) is 66.4 cm³/mol. The Bertz CT molecular complexity index is 421. The van der Waals surface area contributed by atoms with Crippen molar-refractivity contribution in [2.24, 2.45) is 0 Å². The maximum absolute atomic E-state index is 12.5. The van der Waals surface area contributed by atoms with E-state index in [1.807, 2.05) is 0 Å². The summed E-state index contributed by atoms with van der Waals surface area (Å²) in [5.41, 5.74) is 0.667. The monoisotopic (exact) mass is 277 g/mol. The lowest BCUT2D eigenvalue weighted by Gasteiger charge is -2.29. The van der Waals surface area contributed by atoms with Gasteiger partial charge in [0.05, 0.1) is 13.7 Å². The molecular weight excluding hydrogens is 259 g/mol. The van der Waals surface area contributed by atoms with Gasteiger partial charge in [0, 0.05) is 6.04 Å². The van der Waals surface area contributed by atoms with Crippen molar-refractivity contribution in [3.63, 3.8) is 0 Å². The van der Waals surface area contributed by atoms with Gasteiger partial charge in [-0.15, -0.1) is 0 Å². The minimum Gasteiger partial charge on any atom is -0.504 e. The number of phenolic OH excluding ortho intramolecular Hbond substituents is 1. The summed E-state index contributed by atoms with van der Waals surface area (Å²) in [5.74, 6) is 0.227. The van der Waals surface area contributed by atoms with Crippen molar-refractivity contribution in [2.75, 3.05) is 20.2 Å². The van der Waals surface area contributed by atoms with E-state index in [2.05, 4.69) is 0 Å². The van der Waals surface area contributed by atoms with E-state index in [1.165, 1.54) is 18.1 Å². The highest BCUT2D eigenvalue weighted by molar-refractivity contribution is 5.42. The second-order valence-corrected chi connectivity index (χ2v) is 4.29. The molecule has 1 aromatic carbocycles. The molecule has 0 heterocycles. The van der Waals surface area contributed by atoms with E-state index in [0.29, 0.717) is 5.56 Å². The average Bonchev–Trinajstić information content (AvgIpc) is 2.34. The van der Waals surface area contributed by atoms with Gasteiger partial charge in [-0.05, 0) is 31.2 Å². The van der Waals surface area contributed by atoms with Crippen molar-refractivity contribution in [1.82, 2.24) is 4.90 Å². The lowest BCUT2D eigenvalue weighted by atomic mass is 10.1. The van der Waals surface area contributed by atoms with Crippen LogP contribution in [0.3, 0.4) is 0 Å². The maximum Gasteiger partial charge on any atom is 0.401 e. The van der Waals surface area contributed by atoms with Gasteiger partial charge < -0.3 is 9.84 Å². The van der Waals surface area contributed by atoms with Gasteiger partial charge in [-0.1, -0.05) is 13.0 Å². The van der Waals surface area contributed by atoms with Gasteiger partial charge in [0.2, 0.25) is 0 Å². The number of nitrogens with zero attached hydrogens (tertiary/aromatic N) is 1. The van der Waals surface area contributed by atoms with E-state index in [-0.39, 0.29) is 18.0 Å². The molecule has 6 heteroatoms. The molecule has 0 radical (unpaired) electrons. The summed E-state index contributed by atoms with van der Waals surface area (Å²) in [4.78, 5) is 1.31. The van der Waals surface area contributed by atoms with Crippen LogP contribution in [0.15, 0.2) is 18.2 Å². The van der Waals surface area contributed by atoms with Crippen molar-refractivity contribution in [2.45, 2.75) is 26.1 Å². The fourth-order valence-electron chi connectivity index (χ4n) is 1.92. The normalized spacial score (nSPS) is 13.6. The zero-order valence-electron chi connectivity index (χ0n) is 11.2. The number of halogens is 3. The minimum atomic E-state index is -4.23. The molecule has 1 aromatic rings. The SMILES string of the molecule is CCN(CC(F)(F)F)C(C)c1ccc(O)c(OC)c1. The molecule has 3 nitrogen and oxygen atoms in total. The van der Waals surface area contributed by atoms with Gasteiger partial charge in [0.15, 0.2) is 11.5 Å². The van der Waals surface area contributed by atoms with Crippen molar-refractivity contribution in [3.8, 4) is 11.5 Å². The van der Waals surface area contributed by atoms with Gasteiger partial charge in [-0.25, -0.2) is 0 Å². The molecule has 0 spiro atoms. The van der Waals surface area contributed by atoms with Gasteiger partial charge in [-0.2, -0.15) is 13.2 Å². The first kappa shape index (κ1) is 15.6. The van der Waals surface area contributed by atoms with Crippen LogP contribution >= 0.6 is 0 Å². The smallest absolute Gasteiger partial charge is 0.401 e. The molecule has 0 saturated heterocycles. The molecule has 1 rings (SSSR count). The van der Waals surface area contributed by atoms with Gasteiger partial charge in [-0.3, -0.25) is 4.90 Å². The van der Waals surface area contributed by atoms with Crippen LogP contribution in [0.25, 0.3) is 0 Å². The number of hydrogen-bond donors (Lipinski definition) is 1. The number of aromatic hydroxyl groups is 1. The Morgan fingerprint density at radius 3 is 2.47 bits per heavy atom. The lowest BCUT2D eigenvalue weighted by molar-refractivity contribution is -0.150. The average molecular weight is 277 g/mol. The minimum absolute atomic E-state index is 0.0303. The molecular formula is C13H18F3NO2. The molecule has 1 N–H and O–H groups in total. The maximum atomic E-state index is 12.5. The Kier molecular flexibility index (Phi) is 5.05. The van der Waals surface area contributed by atoms with Crippen LogP contribution in [0, 0.1) is 0 Å². The molecule has 0 amide bonds. The van der Waals surface area contributed by atoms with Gasteiger partial charge >= 0.3 is 6.18 Å². The summed E-state index contributed by atoms with van der Waals surface area (Å²) in [7, 11) is 1.40. The number of methoxy groups -OCH3 is 1. The Morgan fingerprint density at radius 2 is 2.00 bits per heavy atom. The highest BCUT2D eigenvalue weighted by Crippen LogP contribution is 2.32. The third kappa shape index (κ3) is 4.31. The molecule has 0 bridgehead atoms. The summed E-state index contributed by atoms with van der Waals surface area (Å²) in [5, 5.41) is 9.48. The molecule has 0 aromatic heterocycles. The highest BCUT2D eigenvalue weighted by Gasteiger charge is 2.32. The zero-order chi connectivity index (χ0) is 14.6. The fraction of sp³-hybridized carbons (Fsp3) is 0.538. The van der Waals surface area contributed by atoms with Crippen LogP contribution in [0.5, 0.6) is 11.5 Å². The molecule has 19 heavy (non-hydrogen) atoms. The van der Waals surface area contributed by atoms with E-state index in [0.717, 1.165) is 0 Å². The lowest BCUT2D eigenvalue weighted by Crippen LogP contribution is -2.36. The molecule has 1 unspecified atom stereocenters. The first-order chi connectivity index (χ1) is 8.78. The largest absolute Gasteiger partial charge is 0.504 e. The first-order valence-corrected chi connectivity index (χ1v) is 5.96. The van der Waals surface area contributed by atoms with Gasteiger partial charge in [0.25, 0.3) is 0 Å². The van der Waals surface area contributed by atoms with Crippen molar-refractivity contribution in [1.29, 1.82) is 0 Å². The van der Waals surface area contributed by atoms with Crippen molar-refractivity contribution in [3.05, 3.63) is 23.8 Å². The number of alkyl halides is 3. The summed E-state index contributed by atoms with van der Waals surface area (Å²) < 4.78 is 42.4. The van der Waals surface area contributed by atoms with Crippen LogP contribution in [0.4, 0.5) is 13.2 Å². The van der Waals surface area contributed by atoms with E-state index in [9.17, 15) is 18.3 Å². The summed E-state index contributed by atoms with van der Waals surface area (Å²) in [6.45, 7) is 2.69. The summed E-state index contributed by atoms with van der Waals surface area (Å²) in [6.07, 6.45) is -4.23. The molecule has 0 aliphatic carbocycles. The Labute approximate surface area is 110 Å². The Balaban J connectivity index is 2.94. The molecule has 0 aliphatic rings. The van der Waals surface area contributed by atoms with E-state index in [1.54, 1.807) is 26.0 Å². The third-order valence-corrected chi connectivity index (χ3v) is 3.02. The number of benzene rings is 1. The standard InChI is InChI=1S/C13H18F3NO2/c1-4-17(8-13(14,15)16)9(2)10-5-6-11(18)12(7-10)19-3/h5-7,9,18H,4,8H2,1-3H3. The molecule has 1 atom stereocenters. The number of ether oxygens (including phenoxy) is 1. The number of hydrogen-bond acceptors (Lipinski definition) is 3. The van der Waals surface area contributed by atoms with Crippen molar-refractivity contribution < 1.29 is 23.0 Å². The van der Waals surface area contributed by atoms with E-state index < -0.39 is 18.8 Å². The Hall–Kier alpha value is -1.43. The zero-order valence-corrected chi connectivity index (χ0v) is 11.2. The number of phenols is 1. The van der Waals surface area contributed by atoms with Crippen LogP contribution in [-0.2, 0) is 0 Å².